The summed E-state index contributed by atoms with van der Waals surface area (Å²) in [7, 11) is 1.70. The summed E-state index contributed by atoms with van der Waals surface area (Å²) in [4.78, 5) is 4.11. The first kappa shape index (κ1) is 15.5. The lowest BCUT2D eigenvalue weighted by atomic mass is 9.89. The zero-order valence-corrected chi connectivity index (χ0v) is 13.0. The van der Waals surface area contributed by atoms with Gasteiger partial charge in [0.05, 0.1) is 7.11 Å². The van der Waals surface area contributed by atoms with Crippen LogP contribution in [0, 0.1) is 0 Å². The summed E-state index contributed by atoms with van der Waals surface area (Å²) in [6.07, 6.45) is 4.84. The molecule has 1 aromatic carbocycles. The van der Waals surface area contributed by atoms with Gasteiger partial charge in [-0.3, -0.25) is 4.98 Å². The summed E-state index contributed by atoms with van der Waals surface area (Å²) in [5.74, 6) is 1.28. The summed E-state index contributed by atoms with van der Waals surface area (Å²) in [5, 5.41) is 3.66. The maximum Gasteiger partial charge on any atom is 0.118 e. The molecule has 0 aliphatic rings. The van der Waals surface area contributed by atoms with Crippen LogP contribution in [0.5, 0.6) is 5.75 Å². The lowest BCUT2D eigenvalue weighted by Crippen LogP contribution is -2.26. The number of nitrogens with zero attached hydrogens (tertiary/aromatic N) is 1. The van der Waals surface area contributed by atoms with Gasteiger partial charge in [0.2, 0.25) is 0 Å². The van der Waals surface area contributed by atoms with Crippen LogP contribution in [0.15, 0.2) is 48.8 Å². The van der Waals surface area contributed by atoms with Gasteiger partial charge in [-0.1, -0.05) is 26.0 Å². The van der Waals surface area contributed by atoms with Gasteiger partial charge in [0.25, 0.3) is 0 Å². The minimum absolute atomic E-state index is 0.290. The number of hydrogen-bond acceptors (Lipinski definition) is 3. The molecule has 112 valence electrons. The fourth-order valence-electron chi connectivity index (χ4n) is 2.55. The lowest BCUT2D eigenvalue weighted by Gasteiger charge is -2.26. The highest BCUT2D eigenvalue weighted by Crippen LogP contribution is 2.31. The third kappa shape index (κ3) is 4.05. The maximum atomic E-state index is 5.25. The standard InChI is InChI=1S/C18H24N2O/c1-4-11-20-18(14(2)15-9-12-19-13-10-15)16-5-7-17(21-3)8-6-16/h5-10,12-14,18,20H,4,11H2,1-3H3. The van der Waals surface area contributed by atoms with Crippen molar-refractivity contribution in [3.05, 3.63) is 59.9 Å². The van der Waals surface area contributed by atoms with Gasteiger partial charge in [-0.05, 0) is 48.4 Å². The van der Waals surface area contributed by atoms with E-state index in [0.717, 1.165) is 18.7 Å². The van der Waals surface area contributed by atoms with Gasteiger partial charge in [-0.15, -0.1) is 0 Å². The minimum atomic E-state index is 0.290. The molecule has 3 nitrogen and oxygen atoms in total. The summed E-state index contributed by atoms with van der Waals surface area (Å²) in [5.41, 5.74) is 2.59. The van der Waals surface area contributed by atoms with Gasteiger partial charge >= 0.3 is 0 Å². The molecule has 0 saturated heterocycles. The predicted octanol–water partition coefficient (Wildman–Crippen LogP) is 3.93. The van der Waals surface area contributed by atoms with E-state index in [1.165, 1.54) is 11.1 Å². The number of rotatable bonds is 7. The first-order chi connectivity index (χ1) is 10.3. The van der Waals surface area contributed by atoms with E-state index in [4.69, 9.17) is 4.74 Å². The molecule has 0 fully saturated rings. The van der Waals surface area contributed by atoms with E-state index in [2.05, 4.69) is 48.4 Å². The van der Waals surface area contributed by atoms with Crippen LogP contribution in [0.25, 0.3) is 0 Å². The molecule has 0 aliphatic carbocycles. The van der Waals surface area contributed by atoms with Crippen LogP contribution < -0.4 is 10.1 Å². The average Bonchev–Trinajstić information content (AvgIpc) is 2.56. The summed E-state index contributed by atoms with van der Waals surface area (Å²) < 4.78 is 5.25. The zero-order chi connectivity index (χ0) is 15.1. The monoisotopic (exact) mass is 284 g/mol. The second-order valence-corrected chi connectivity index (χ2v) is 5.27. The Morgan fingerprint density at radius 3 is 2.29 bits per heavy atom. The van der Waals surface area contributed by atoms with Crippen molar-refractivity contribution in [2.24, 2.45) is 0 Å². The van der Waals surface area contributed by atoms with Crippen LogP contribution in [-0.4, -0.2) is 18.6 Å². The highest BCUT2D eigenvalue weighted by atomic mass is 16.5. The largest absolute Gasteiger partial charge is 0.497 e. The molecule has 2 aromatic rings. The number of nitrogens with one attached hydrogen (secondary N) is 1. The first-order valence-corrected chi connectivity index (χ1v) is 7.53. The Morgan fingerprint density at radius 2 is 1.71 bits per heavy atom. The van der Waals surface area contributed by atoms with Crippen molar-refractivity contribution < 1.29 is 4.74 Å². The van der Waals surface area contributed by atoms with Crippen molar-refractivity contribution in [3.63, 3.8) is 0 Å². The Kier molecular flexibility index (Phi) is 5.76. The van der Waals surface area contributed by atoms with Crippen LogP contribution >= 0.6 is 0 Å². The van der Waals surface area contributed by atoms with Crippen molar-refractivity contribution in [1.82, 2.24) is 10.3 Å². The Hall–Kier alpha value is -1.87. The van der Waals surface area contributed by atoms with Crippen LogP contribution in [0.3, 0.4) is 0 Å². The zero-order valence-electron chi connectivity index (χ0n) is 13.0. The highest BCUT2D eigenvalue weighted by Gasteiger charge is 2.20. The Bertz CT molecular complexity index is 525. The lowest BCUT2D eigenvalue weighted by molar-refractivity contribution is 0.413. The SMILES string of the molecule is CCCNC(c1ccc(OC)cc1)C(C)c1ccncc1. The van der Waals surface area contributed by atoms with Crippen molar-refractivity contribution in [2.75, 3.05) is 13.7 Å². The summed E-state index contributed by atoms with van der Waals surface area (Å²) in [6.45, 7) is 5.45. The number of pyridine rings is 1. The third-order valence-electron chi connectivity index (χ3n) is 3.82. The average molecular weight is 284 g/mol. The molecule has 1 heterocycles. The number of methoxy groups -OCH3 is 1. The van der Waals surface area contributed by atoms with E-state index in [1.807, 2.05) is 24.5 Å². The van der Waals surface area contributed by atoms with E-state index in [9.17, 15) is 0 Å². The molecule has 0 radical (unpaired) electrons. The Morgan fingerprint density at radius 1 is 1.05 bits per heavy atom. The highest BCUT2D eigenvalue weighted by molar-refractivity contribution is 5.32. The molecule has 0 saturated carbocycles. The number of benzene rings is 1. The summed E-state index contributed by atoms with van der Waals surface area (Å²) in [6, 6.07) is 12.8. The molecule has 2 rings (SSSR count). The number of ether oxygens (including phenoxy) is 1. The molecule has 2 unspecified atom stereocenters. The molecule has 2 atom stereocenters. The first-order valence-electron chi connectivity index (χ1n) is 7.53. The molecule has 0 amide bonds. The molecule has 0 spiro atoms. The van der Waals surface area contributed by atoms with Crippen molar-refractivity contribution in [2.45, 2.75) is 32.2 Å². The Balaban J connectivity index is 2.24. The Labute approximate surface area is 127 Å². The quantitative estimate of drug-likeness (QED) is 0.836. The second kappa shape index (κ2) is 7.79. The van der Waals surface area contributed by atoms with Gasteiger partial charge < -0.3 is 10.1 Å². The van der Waals surface area contributed by atoms with Crippen LogP contribution in [0.4, 0.5) is 0 Å². The van der Waals surface area contributed by atoms with Gasteiger partial charge in [0.15, 0.2) is 0 Å². The van der Waals surface area contributed by atoms with Gasteiger partial charge in [-0.25, -0.2) is 0 Å². The van der Waals surface area contributed by atoms with Gasteiger partial charge in [0.1, 0.15) is 5.75 Å². The molecular formula is C18H24N2O. The van der Waals surface area contributed by atoms with E-state index < -0.39 is 0 Å². The molecule has 21 heavy (non-hydrogen) atoms. The maximum absolute atomic E-state index is 5.25. The second-order valence-electron chi connectivity index (χ2n) is 5.27. The van der Waals surface area contributed by atoms with Crippen LogP contribution in [0.2, 0.25) is 0 Å². The molecule has 1 N–H and O–H groups in total. The van der Waals surface area contributed by atoms with Crippen molar-refractivity contribution in [1.29, 1.82) is 0 Å². The molecule has 3 heteroatoms. The predicted molar refractivity (Wildman–Crippen MR) is 86.7 cm³/mol. The van der Waals surface area contributed by atoms with E-state index in [-0.39, 0.29) is 0 Å². The minimum Gasteiger partial charge on any atom is -0.497 e. The topological polar surface area (TPSA) is 34.1 Å². The normalized spacial score (nSPS) is 13.7. The number of hydrogen-bond donors (Lipinski definition) is 1. The van der Waals surface area contributed by atoms with Gasteiger partial charge in [-0.2, -0.15) is 0 Å². The smallest absolute Gasteiger partial charge is 0.118 e. The van der Waals surface area contributed by atoms with E-state index in [0.29, 0.717) is 12.0 Å². The number of aromatic nitrogens is 1. The molecular weight excluding hydrogens is 260 g/mol. The fourth-order valence-corrected chi connectivity index (χ4v) is 2.55. The van der Waals surface area contributed by atoms with Crippen molar-refractivity contribution in [3.8, 4) is 5.75 Å². The van der Waals surface area contributed by atoms with Crippen LogP contribution in [0.1, 0.15) is 43.4 Å². The molecule has 0 aliphatic heterocycles. The van der Waals surface area contributed by atoms with E-state index in [1.54, 1.807) is 7.11 Å². The summed E-state index contributed by atoms with van der Waals surface area (Å²) >= 11 is 0. The van der Waals surface area contributed by atoms with Crippen molar-refractivity contribution >= 4 is 0 Å². The van der Waals surface area contributed by atoms with Gasteiger partial charge in [0, 0.05) is 24.4 Å². The third-order valence-corrected chi connectivity index (χ3v) is 3.82. The fraction of sp³-hybridized carbons (Fsp3) is 0.389. The van der Waals surface area contributed by atoms with E-state index >= 15 is 0 Å². The molecule has 1 aromatic heterocycles. The molecule has 0 bridgehead atoms. The van der Waals surface area contributed by atoms with Crippen LogP contribution in [-0.2, 0) is 0 Å².